The summed E-state index contributed by atoms with van der Waals surface area (Å²) in [5, 5.41) is 0. The van der Waals surface area contributed by atoms with Gasteiger partial charge in [0.15, 0.2) is 5.76 Å². The molecular weight excluding hydrogens is 238 g/mol. The van der Waals surface area contributed by atoms with Crippen LogP contribution in [0.15, 0.2) is 22.8 Å². The van der Waals surface area contributed by atoms with Crippen LogP contribution in [0.2, 0.25) is 0 Å². The molecule has 0 spiro atoms. The second kappa shape index (κ2) is 5.91. The number of Topliss-reactive ketones (excluding diaryl/α,β-unsaturated/α-hetero) is 1. The number of piperidine rings is 1. The van der Waals surface area contributed by atoms with Crippen molar-refractivity contribution in [2.45, 2.75) is 40.0 Å². The Morgan fingerprint density at radius 2 is 2.05 bits per heavy atom. The quantitative estimate of drug-likeness (QED) is 0.778. The lowest BCUT2D eigenvalue weighted by Crippen LogP contribution is -2.37. The number of carbonyl (C=O) groups excluding carboxylic acids is 1. The smallest absolute Gasteiger partial charge is 0.201 e. The van der Waals surface area contributed by atoms with Gasteiger partial charge in [0.05, 0.1) is 6.26 Å². The number of hydrogen-bond donors (Lipinski definition) is 0. The predicted octanol–water partition coefficient (Wildman–Crippen LogP) is 3.61. The lowest BCUT2D eigenvalue weighted by molar-refractivity contribution is 0.0802. The van der Waals surface area contributed by atoms with Crippen molar-refractivity contribution in [3.8, 4) is 0 Å². The van der Waals surface area contributed by atoms with E-state index in [1.807, 2.05) is 0 Å². The van der Waals surface area contributed by atoms with Gasteiger partial charge in [-0.15, -0.1) is 0 Å². The number of carbonyl (C=O) groups is 1. The number of likely N-dealkylation sites (tertiary alicyclic amines) is 1. The minimum Gasteiger partial charge on any atom is -0.461 e. The molecule has 0 N–H and O–H groups in total. The van der Waals surface area contributed by atoms with Gasteiger partial charge in [-0.05, 0) is 56.4 Å². The average molecular weight is 263 g/mol. The molecule has 0 bridgehead atoms. The first kappa shape index (κ1) is 14.3. The minimum absolute atomic E-state index is 0.150. The Morgan fingerprint density at radius 3 is 2.58 bits per heavy atom. The van der Waals surface area contributed by atoms with Crippen molar-refractivity contribution in [3.05, 3.63) is 24.2 Å². The van der Waals surface area contributed by atoms with Gasteiger partial charge in [0.1, 0.15) is 0 Å². The first-order valence-electron chi connectivity index (χ1n) is 7.26. The largest absolute Gasteiger partial charge is 0.461 e. The fraction of sp³-hybridized carbons (Fsp3) is 0.688. The number of ketones is 1. The van der Waals surface area contributed by atoms with Gasteiger partial charge in [0.25, 0.3) is 0 Å². The van der Waals surface area contributed by atoms with Crippen molar-refractivity contribution >= 4 is 5.78 Å². The molecule has 1 aliphatic heterocycles. The molecule has 1 aromatic heterocycles. The monoisotopic (exact) mass is 263 g/mol. The zero-order valence-corrected chi connectivity index (χ0v) is 12.3. The van der Waals surface area contributed by atoms with Crippen molar-refractivity contribution in [1.29, 1.82) is 0 Å². The second-order valence-electron chi connectivity index (χ2n) is 6.77. The lowest BCUT2D eigenvalue weighted by atomic mass is 9.89. The van der Waals surface area contributed by atoms with Crippen LogP contribution in [0, 0.1) is 11.3 Å². The van der Waals surface area contributed by atoms with E-state index in [-0.39, 0.29) is 11.7 Å². The molecule has 0 unspecified atom stereocenters. The molecule has 1 saturated heterocycles. The fourth-order valence-corrected chi connectivity index (χ4v) is 2.53. The maximum absolute atomic E-state index is 12.2. The van der Waals surface area contributed by atoms with Gasteiger partial charge in [-0.2, -0.15) is 0 Å². The van der Waals surface area contributed by atoms with Crippen LogP contribution in [0.5, 0.6) is 0 Å². The summed E-state index contributed by atoms with van der Waals surface area (Å²) in [6, 6.07) is 3.56. The molecule has 0 aromatic carbocycles. The molecule has 1 aliphatic rings. The normalized spacial score (nSPS) is 18.7. The van der Waals surface area contributed by atoms with E-state index in [1.54, 1.807) is 18.4 Å². The number of rotatable bonds is 4. The zero-order chi connectivity index (χ0) is 13.9. The van der Waals surface area contributed by atoms with E-state index in [0.717, 1.165) is 32.5 Å². The fourth-order valence-electron chi connectivity index (χ4n) is 2.53. The second-order valence-corrected chi connectivity index (χ2v) is 6.77. The number of nitrogens with zero attached hydrogens (tertiary/aromatic N) is 1. The van der Waals surface area contributed by atoms with Crippen molar-refractivity contribution < 1.29 is 9.21 Å². The molecule has 0 radical (unpaired) electrons. The van der Waals surface area contributed by atoms with E-state index in [1.165, 1.54) is 6.42 Å². The van der Waals surface area contributed by atoms with Crippen molar-refractivity contribution in [2.75, 3.05) is 19.6 Å². The van der Waals surface area contributed by atoms with Crippen LogP contribution in [0.25, 0.3) is 0 Å². The molecule has 2 rings (SSSR count). The van der Waals surface area contributed by atoms with Crippen LogP contribution < -0.4 is 0 Å². The van der Waals surface area contributed by atoms with E-state index >= 15 is 0 Å². The summed E-state index contributed by atoms with van der Waals surface area (Å²) in [6.07, 6.45) is 4.71. The van der Waals surface area contributed by atoms with Crippen molar-refractivity contribution in [3.63, 3.8) is 0 Å². The highest BCUT2D eigenvalue weighted by molar-refractivity contribution is 5.95. The Morgan fingerprint density at radius 1 is 1.37 bits per heavy atom. The van der Waals surface area contributed by atoms with Gasteiger partial charge in [-0.25, -0.2) is 0 Å². The molecule has 0 aliphatic carbocycles. The predicted molar refractivity (Wildman–Crippen MR) is 76.3 cm³/mol. The van der Waals surface area contributed by atoms with Crippen LogP contribution in [-0.4, -0.2) is 30.3 Å². The standard InChI is InChI=1S/C16H25NO2/c1-16(2,3)8-11-17-9-6-13(7-10-17)15(18)14-5-4-12-19-14/h4-5,12-13H,6-11H2,1-3H3. The van der Waals surface area contributed by atoms with Crippen LogP contribution in [0.3, 0.4) is 0 Å². The van der Waals surface area contributed by atoms with E-state index in [2.05, 4.69) is 25.7 Å². The number of furan rings is 1. The maximum atomic E-state index is 12.2. The van der Waals surface area contributed by atoms with Gasteiger partial charge in [-0.3, -0.25) is 4.79 Å². The highest BCUT2D eigenvalue weighted by Crippen LogP contribution is 2.24. The van der Waals surface area contributed by atoms with Gasteiger partial charge in [0, 0.05) is 5.92 Å². The highest BCUT2D eigenvalue weighted by atomic mass is 16.3. The molecular formula is C16H25NO2. The van der Waals surface area contributed by atoms with E-state index < -0.39 is 0 Å². The van der Waals surface area contributed by atoms with E-state index in [9.17, 15) is 4.79 Å². The zero-order valence-electron chi connectivity index (χ0n) is 12.3. The SMILES string of the molecule is CC(C)(C)CCN1CCC(C(=O)c2ccco2)CC1. The highest BCUT2D eigenvalue weighted by Gasteiger charge is 2.27. The summed E-state index contributed by atoms with van der Waals surface area (Å²) < 4.78 is 5.20. The Balaban J connectivity index is 1.78. The Labute approximate surface area is 116 Å². The molecule has 2 heterocycles. The van der Waals surface area contributed by atoms with Crippen LogP contribution in [0.4, 0.5) is 0 Å². The topological polar surface area (TPSA) is 33.5 Å². The molecule has 0 atom stereocenters. The van der Waals surface area contributed by atoms with E-state index in [4.69, 9.17) is 4.42 Å². The van der Waals surface area contributed by atoms with Crippen LogP contribution >= 0.6 is 0 Å². The van der Waals surface area contributed by atoms with Crippen molar-refractivity contribution in [2.24, 2.45) is 11.3 Å². The average Bonchev–Trinajstić information content (AvgIpc) is 2.89. The maximum Gasteiger partial charge on any atom is 0.201 e. The first-order chi connectivity index (χ1) is 8.96. The molecule has 19 heavy (non-hydrogen) atoms. The molecule has 106 valence electrons. The van der Waals surface area contributed by atoms with Gasteiger partial charge < -0.3 is 9.32 Å². The summed E-state index contributed by atoms with van der Waals surface area (Å²) in [6.45, 7) is 10.0. The third-order valence-corrected chi connectivity index (χ3v) is 3.90. The Kier molecular flexibility index (Phi) is 4.46. The van der Waals surface area contributed by atoms with Gasteiger partial charge in [0.2, 0.25) is 5.78 Å². The summed E-state index contributed by atoms with van der Waals surface area (Å²) >= 11 is 0. The summed E-state index contributed by atoms with van der Waals surface area (Å²) in [4.78, 5) is 14.7. The summed E-state index contributed by atoms with van der Waals surface area (Å²) in [5.41, 5.74) is 0.390. The third-order valence-electron chi connectivity index (χ3n) is 3.90. The molecule has 0 saturated carbocycles. The molecule has 1 fully saturated rings. The first-order valence-corrected chi connectivity index (χ1v) is 7.26. The molecule has 0 amide bonds. The molecule has 1 aromatic rings. The lowest BCUT2D eigenvalue weighted by Gasteiger charge is -2.32. The summed E-state index contributed by atoms with van der Waals surface area (Å²) in [5.74, 6) is 0.852. The summed E-state index contributed by atoms with van der Waals surface area (Å²) in [7, 11) is 0. The van der Waals surface area contributed by atoms with Crippen LogP contribution in [-0.2, 0) is 0 Å². The molecule has 3 heteroatoms. The minimum atomic E-state index is 0.150. The van der Waals surface area contributed by atoms with Crippen LogP contribution in [0.1, 0.15) is 50.6 Å². The molecule has 3 nitrogen and oxygen atoms in total. The Bertz CT molecular complexity index is 395. The van der Waals surface area contributed by atoms with Gasteiger partial charge >= 0.3 is 0 Å². The van der Waals surface area contributed by atoms with Crippen molar-refractivity contribution in [1.82, 2.24) is 4.90 Å². The number of hydrogen-bond acceptors (Lipinski definition) is 3. The van der Waals surface area contributed by atoms with E-state index in [0.29, 0.717) is 11.2 Å². The Hall–Kier alpha value is -1.09. The van der Waals surface area contributed by atoms with Gasteiger partial charge in [-0.1, -0.05) is 20.8 Å². The third kappa shape index (κ3) is 4.20.